The molecule has 0 fully saturated rings. The van der Waals surface area contributed by atoms with Crippen LogP contribution in [0.5, 0.6) is 0 Å². The van der Waals surface area contributed by atoms with Gasteiger partial charge in [-0.25, -0.2) is 13.9 Å². The van der Waals surface area contributed by atoms with Gasteiger partial charge in [0.15, 0.2) is 12.6 Å². The molecule has 3 aromatic rings. The lowest BCUT2D eigenvalue weighted by atomic mass is 10.1. The van der Waals surface area contributed by atoms with Crippen molar-refractivity contribution >= 4 is 11.9 Å². The summed E-state index contributed by atoms with van der Waals surface area (Å²) in [6, 6.07) is 14.6. The molecule has 1 aromatic heterocycles. The Morgan fingerprint density at radius 3 is 2.57 bits per heavy atom. The highest BCUT2D eigenvalue weighted by molar-refractivity contribution is 5.81. The quantitative estimate of drug-likeness (QED) is 0.591. The van der Waals surface area contributed by atoms with Gasteiger partial charge in [-0.1, -0.05) is 48.5 Å². The third-order valence-corrected chi connectivity index (χ3v) is 4.01. The fourth-order valence-electron chi connectivity index (χ4n) is 2.55. The van der Waals surface area contributed by atoms with Crippen molar-refractivity contribution in [2.75, 3.05) is 6.61 Å². The number of halogens is 1. The molecule has 0 spiro atoms. The molecule has 0 saturated carbocycles. The first-order chi connectivity index (χ1) is 13.6. The summed E-state index contributed by atoms with van der Waals surface area (Å²) in [4.78, 5) is 24.4. The Bertz CT molecular complexity index is 918. The van der Waals surface area contributed by atoms with Crippen molar-refractivity contribution in [1.82, 2.24) is 25.5 Å². The van der Waals surface area contributed by atoms with Gasteiger partial charge in [-0.05, 0) is 22.1 Å². The zero-order valence-electron chi connectivity index (χ0n) is 14.9. The first-order valence-electron chi connectivity index (χ1n) is 8.56. The largest absolute Gasteiger partial charge is 0.454 e. The second kappa shape index (κ2) is 9.36. The van der Waals surface area contributed by atoms with Crippen LogP contribution in [-0.2, 0) is 27.3 Å². The Hall–Kier alpha value is -3.62. The summed E-state index contributed by atoms with van der Waals surface area (Å²) in [6.45, 7) is -0.482. The second-order valence-electron chi connectivity index (χ2n) is 5.97. The maximum Gasteiger partial charge on any atom is 0.331 e. The lowest BCUT2D eigenvalue weighted by Crippen LogP contribution is -2.31. The van der Waals surface area contributed by atoms with Crippen LogP contribution >= 0.6 is 0 Å². The molecule has 0 unspecified atom stereocenters. The fourth-order valence-corrected chi connectivity index (χ4v) is 2.55. The van der Waals surface area contributed by atoms with E-state index in [1.54, 1.807) is 18.2 Å². The highest BCUT2D eigenvalue weighted by Gasteiger charge is 2.24. The van der Waals surface area contributed by atoms with Crippen molar-refractivity contribution in [3.05, 3.63) is 77.9 Å². The summed E-state index contributed by atoms with van der Waals surface area (Å²) < 4.78 is 20.0. The molecule has 1 atom stereocenters. The van der Waals surface area contributed by atoms with Crippen LogP contribution in [-0.4, -0.2) is 38.7 Å². The van der Waals surface area contributed by atoms with Crippen molar-refractivity contribution < 1.29 is 18.7 Å². The third kappa shape index (κ3) is 5.19. The van der Waals surface area contributed by atoms with E-state index in [4.69, 9.17) is 4.74 Å². The van der Waals surface area contributed by atoms with E-state index in [0.29, 0.717) is 12.0 Å². The van der Waals surface area contributed by atoms with E-state index in [1.165, 1.54) is 17.1 Å². The molecule has 1 amide bonds. The summed E-state index contributed by atoms with van der Waals surface area (Å²) in [5.74, 6) is -1.59. The molecule has 9 heteroatoms. The van der Waals surface area contributed by atoms with Crippen molar-refractivity contribution in [2.45, 2.75) is 19.0 Å². The smallest absolute Gasteiger partial charge is 0.331 e. The highest BCUT2D eigenvalue weighted by Crippen LogP contribution is 2.14. The van der Waals surface area contributed by atoms with Crippen LogP contribution in [0, 0.1) is 5.82 Å². The molecule has 0 saturated heterocycles. The number of carbonyl (C=O) groups is 2. The fraction of sp³-hybridized carbons (Fsp3) is 0.211. The van der Waals surface area contributed by atoms with Crippen LogP contribution in [0.15, 0.2) is 60.9 Å². The van der Waals surface area contributed by atoms with Crippen LogP contribution in [0.4, 0.5) is 4.39 Å². The number of amides is 1. The molecule has 8 nitrogen and oxygen atoms in total. The number of benzene rings is 2. The van der Waals surface area contributed by atoms with Crippen LogP contribution in [0.1, 0.15) is 17.2 Å². The molecule has 0 aliphatic heterocycles. The average molecular weight is 383 g/mol. The lowest BCUT2D eigenvalue weighted by molar-refractivity contribution is -0.152. The number of carbonyl (C=O) groups excluding carboxylic acids is 2. The van der Waals surface area contributed by atoms with Gasteiger partial charge in [-0.3, -0.25) is 4.79 Å². The van der Waals surface area contributed by atoms with E-state index >= 15 is 0 Å². The topological polar surface area (TPSA) is 99.0 Å². The van der Waals surface area contributed by atoms with Gasteiger partial charge in [0.2, 0.25) is 0 Å². The molecular weight excluding hydrogens is 365 g/mol. The highest BCUT2D eigenvalue weighted by atomic mass is 19.1. The summed E-state index contributed by atoms with van der Waals surface area (Å²) in [7, 11) is 0. The first-order valence-corrected chi connectivity index (χ1v) is 8.56. The molecule has 3 rings (SSSR count). The van der Waals surface area contributed by atoms with Gasteiger partial charge in [0.05, 0.1) is 0 Å². The number of nitrogens with one attached hydrogen (secondary N) is 1. The van der Waals surface area contributed by atoms with Gasteiger partial charge in [-0.2, -0.15) is 0 Å². The van der Waals surface area contributed by atoms with Crippen molar-refractivity contribution in [2.24, 2.45) is 0 Å². The summed E-state index contributed by atoms with van der Waals surface area (Å²) in [5.41, 5.74) is 1.24. The van der Waals surface area contributed by atoms with E-state index in [1.807, 2.05) is 30.3 Å². The molecule has 0 aliphatic carbocycles. The number of hydrogen-bond acceptors (Lipinski definition) is 6. The number of esters is 1. The van der Waals surface area contributed by atoms with E-state index in [9.17, 15) is 14.0 Å². The number of aromatic nitrogens is 4. The van der Waals surface area contributed by atoms with Crippen LogP contribution < -0.4 is 5.32 Å². The van der Waals surface area contributed by atoms with Crippen molar-refractivity contribution in [3.8, 4) is 0 Å². The van der Waals surface area contributed by atoms with Crippen LogP contribution in [0.25, 0.3) is 0 Å². The Morgan fingerprint density at radius 2 is 1.86 bits per heavy atom. The van der Waals surface area contributed by atoms with E-state index in [0.717, 1.165) is 5.56 Å². The van der Waals surface area contributed by atoms with E-state index in [2.05, 4.69) is 20.8 Å². The SMILES string of the molecule is O=C(COC(=O)[C@@H](Cc1ccccc1)n1cnnn1)NCc1ccccc1F. The van der Waals surface area contributed by atoms with Gasteiger partial charge < -0.3 is 10.1 Å². The average Bonchev–Trinajstić information content (AvgIpc) is 3.25. The minimum Gasteiger partial charge on any atom is -0.454 e. The maximum atomic E-state index is 13.6. The van der Waals surface area contributed by atoms with Gasteiger partial charge >= 0.3 is 5.97 Å². The predicted molar refractivity (Wildman–Crippen MR) is 96.2 cm³/mol. The van der Waals surface area contributed by atoms with Crippen molar-refractivity contribution in [3.63, 3.8) is 0 Å². The molecule has 2 aromatic carbocycles. The Morgan fingerprint density at radius 1 is 1.11 bits per heavy atom. The maximum absolute atomic E-state index is 13.6. The molecule has 1 heterocycles. The molecule has 144 valence electrons. The summed E-state index contributed by atoms with van der Waals surface area (Å²) >= 11 is 0. The molecule has 0 aliphatic rings. The lowest BCUT2D eigenvalue weighted by Gasteiger charge is -2.15. The monoisotopic (exact) mass is 383 g/mol. The van der Waals surface area contributed by atoms with Gasteiger partial charge in [-0.15, -0.1) is 5.10 Å². The minimum absolute atomic E-state index is 0.00347. The molecule has 0 bridgehead atoms. The Balaban J connectivity index is 1.56. The zero-order chi connectivity index (χ0) is 19.8. The second-order valence-corrected chi connectivity index (χ2v) is 5.97. The van der Waals surface area contributed by atoms with E-state index < -0.39 is 30.3 Å². The van der Waals surface area contributed by atoms with Crippen LogP contribution in [0.3, 0.4) is 0 Å². The number of ether oxygens (including phenoxy) is 1. The van der Waals surface area contributed by atoms with Gasteiger partial charge in [0.1, 0.15) is 12.1 Å². The van der Waals surface area contributed by atoms with Gasteiger partial charge in [0.25, 0.3) is 5.91 Å². The Kier molecular flexibility index (Phi) is 6.40. The van der Waals surface area contributed by atoms with Crippen LogP contribution in [0.2, 0.25) is 0 Å². The number of hydrogen-bond donors (Lipinski definition) is 1. The normalized spacial score (nSPS) is 11.6. The van der Waals surface area contributed by atoms with Gasteiger partial charge in [0, 0.05) is 18.5 Å². The summed E-state index contributed by atoms with van der Waals surface area (Å²) in [5, 5.41) is 13.4. The van der Waals surface area contributed by atoms with E-state index in [-0.39, 0.29) is 6.54 Å². The first kappa shape index (κ1) is 19.2. The molecule has 0 radical (unpaired) electrons. The zero-order valence-corrected chi connectivity index (χ0v) is 14.9. The number of nitrogens with zero attached hydrogens (tertiary/aromatic N) is 4. The molecule has 1 N–H and O–H groups in total. The standard InChI is InChI=1S/C19H18FN5O3/c20-16-9-5-4-8-15(16)11-21-18(26)12-28-19(27)17(25-13-22-23-24-25)10-14-6-2-1-3-7-14/h1-9,13,17H,10-12H2,(H,21,26)/t17-/m1/s1. The number of rotatable bonds is 8. The molecular formula is C19H18FN5O3. The number of tetrazole rings is 1. The summed E-state index contributed by atoms with van der Waals surface area (Å²) in [6.07, 6.45) is 1.62. The minimum atomic E-state index is -0.809. The Labute approximate surface area is 160 Å². The van der Waals surface area contributed by atoms with Crippen molar-refractivity contribution in [1.29, 1.82) is 0 Å². The third-order valence-electron chi connectivity index (χ3n) is 4.01. The molecule has 28 heavy (non-hydrogen) atoms. The predicted octanol–water partition coefficient (Wildman–Crippen LogP) is 1.46.